The van der Waals surface area contributed by atoms with Gasteiger partial charge in [-0.3, -0.25) is 9.59 Å². The van der Waals surface area contributed by atoms with Gasteiger partial charge in [0.15, 0.2) is 0 Å². The summed E-state index contributed by atoms with van der Waals surface area (Å²) < 4.78 is 0. The molecule has 0 aromatic heterocycles. The molecule has 102 valence electrons. The molecule has 1 aromatic carbocycles. The van der Waals surface area contributed by atoms with Crippen LogP contribution in [0.4, 0.5) is 5.69 Å². The number of carboxylic acids is 1. The van der Waals surface area contributed by atoms with Gasteiger partial charge in [-0.1, -0.05) is 18.2 Å². The maximum absolute atomic E-state index is 11.9. The van der Waals surface area contributed by atoms with Gasteiger partial charge in [-0.25, -0.2) is 0 Å². The molecule has 2 unspecified atom stereocenters. The molecule has 1 aliphatic rings. The van der Waals surface area contributed by atoms with Crippen LogP contribution in [-0.4, -0.2) is 29.6 Å². The Kier molecular flexibility index (Phi) is 4.16. The Balaban J connectivity index is 1.86. The average Bonchev–Trinajstić information content (AvgIpc) is 2.80. The summed E-state index contributed by atoms with van der Waals surface area (Å²) in [5, 5.41) is 14.6. The molecule has 0 aliphatic carbocycles. The van der Waals surface area contributed by atoms with Gasteiger partial charge in [-0.05, 0) is 37.4 Å². The Bertz CT molecular complexity index is 487. The summed E-state index contributed by atoms with van der Waals surface area (Å²) in [6.45, 7) is 2.52. The fourth-order valence-corrected chi connectivity index (χ4v) is 2.33. The highest BCUT2D eigenvalue weighted by molar-refractivity contribution is 5.91. The first kappa shape index (κ1) is 13.5. The Morgan fingerprint density at radius 2 is 2.16 bits per heavy atom. The summed E-state index contributed by atoms with van der Waals surface area (Å²) in [4.78, 5) is 22.7. The second kappa shape index (κ2) is 5.84. The number of hydrogen-bond donors (Lipinski definition) is 3. The van der Waals surface area contributed by atoms with E-state index in [1.807, 2.05) is 31.2 Å². The lowest BCUT2D eigenvalue weighted by Gasteiger charge is -2.11. The zero-order valence-electron chi connectivity index (χ0n) is 10.8. The first-order valence-corrected chi connectivity index (χ1v) is 6.38. The number of benzene rings is 1. The number of rotatable bonds is 4. The number of para-hydroxylation sites is 1. The highest BCUT2D eigenvalue weighted by Crippen LogP contribution is 2.19. The van der Waals surface area contributed by atoms with E-state index in [9.17, 15) is 9.59 Å². The first-order chi connectivity index (χ1) is 9.06. The number of anilines is 1. The van der Waals surface area contributed by atoms with E-state index in [0.29, 0.717) is 19.4 Å². The third-order valence-electron chi connectivity index (χ3n) is 3.41. The number of amides is 1. The Labute approximate surface area is 112 Å². The van der Waals surface area contributed by atoms with Crippen LogP contribution in [0.25, 0.3) is 0 Å². The lowest BCUT2D eigenvalue weighted by atomic mass is 10.0. The van der Waals surface area contributed by atoms with Crippen molar-refractivity contribution in [3.8, 4) is 0 Å². The first-order valence-electron chi connectivity index (χ1n) is 6.38. The molecule has 2 atom stereocenters. The van der Waals surface area contributed by atoms with Gasteiger partial charge in [-0.2, -0.15) is 0 Å². The van der Waals surface area contributed by atoms with E-state index in [2.05, 4.69) is 10.6 Å². The van der Waals surface area contributed by atoms with Crippen LogP contribution in [0.2, 0.25) is 0 Å². The molecular formula is C14H18N2O3. The van der Waals surface area contributed by atoms with Gasteiger partial charge >= 0.3 is 5.97 Å². The summed E-state index contributed by atoms with van der Waals surface area (Å²) in [7, 11) is 0. The summed E-state index contributed by atoms with van der Waals surface area (Å²) in [6, 6.07) is 7.08. The van der Waals surface area contributed by atoms with Crippen LogP contribution in [0.1, 0.15) is 18.4 Å². The quantitative estimate of drug-likeness (QED) is 0.766. The number of aliphatic carboxylic acids is 1. The normalized spacial score (nSPS) is 22.2. The number of carboxylic acid groups (broad SMARTS) is 1. The molecule has 3 N–H and O–H groups in total. The molecule has 0 radical (unpaired) electrons. The van der Waals surface area contributed by atoms with E-state index in [4.69, 9.17) is 5.11 Å². The molecule has 0 bridgehead atoms. The van der Waals surface area contributed by atoms with Gasteiger partial charge in [0.2, 0.25) is 5.91 Å². The van der Waals surface area contributed by atoms with Crippen LogP contribution < -0.4 is 10.6 Å². The third kappa shape index (κ3) is 3.54. The molecule has 5 nitrogen and oxygen atoms in total. The minimum absolute atomic E-state index is 0.0628. The number of hydrogen-bond acceptors (Lipinski definition) is 3. The van der Waals surface area contributed by atoms with Crippen molar-refractivity contribution in [3.05, 3.63) is 29.8 Å². The Hall–Kier alpha value is -1.88. The number of carbonyl (C=O) groups excluding carboxylic acids is 1. The van der Waals surface area contributed by atoms with E-state index in [0.717, 1.165) is 11.3 Å². The van der Waals surface area contributed by atoms with Gasteiger partial charge in [0.1, 0.15) is 6.04 Å². The van der Waals surface area contributed by atoms with Crippen molar-refractivity contribution in [1.82, 2.24) is 5.32 Å². The van der Waals surface area contributed by atoms with Gasteiger partial charge in [0, 0.05) is 12.1 Å². The molecule has 5 heteroatoms. The predicted molar refractivity (Wildman–Crippen MR) is 72.0 cm³/mol. The van der Waals surface area contributed by atoms with Crippen molar-refractivity contribution in [2.45, 2.75) is 25.8 Å². The van der Waals surface area contributed by atoms with E-state index >= 15 is 0 Å². The van der Waals surface area contributed by atoms with E-state index in [1.54, 1.807) is 0 Å². The van der Waals surface area contributed by atoms with Crippen molar-refractivity contribution in [1.29, 1.82) is 0 Å². The molecule has 1 heterocycles. The fourth-order valence-electron chi connectivity index (χ4n) is 2.33. The van der Waals surface area contributed by atoms with Crippen LogP contribution in [0.5, 0.6) is 0 Å². The summed E-state index contributed by atoms with van der Waals surface area (Å²) >= 11 is 0. The van der Waals surface area contributed by atoms with Crippen LogP contribution in [-0.2, 0) is 9.59 Å². The number of aryl methyl sites for hydroxylation is 1. The lowest BCUT2D eigenvalue weighted by Crippen LogP contribution is -2.29. The van der Waals surface area contributed by atoms with Gasteiger partial charge < -0.3 is 15.7 Å². The molecule has 1 saturated heterocycles. The summed E-state index contributed by atoms with van der Waals surface area (Å²) in [6.07, 6.45) is 0.863. The topological polar surface area (TPSA) is 78.4 Å². The van der Waals surface area contributed by atoms with Crippen molar-refractivity contribution in [2.24, 2.45) is 5.92 Å². The SMILES string of the molecule is Cc1ccccc1NC(=O)CC1CNC(C(=O)O)C1. The van der Waals surface area contributed by atoms with Crippen molar-refractivity contribution in [2.75, 3.05) is 11.9 Å². The summed E-state index contributed by atoms with van der Waals surface area (Å²) in [5.74, 6) is -0.820. The molecule has 0 saturated carbocycles. The lowest BCUT2D eigenvalue weighted by molar-refractivity contribution is -0.139. The second-order valence-electron chi connectivity index (χ2n) is 4.97. The molecular weight excluding hydrogens is 244 g/mol. The van der Waals surface area contributed by atoms with Gasteiger partial charge in [-0.15, -0.1) is 0 Å². The predicted octanol–water partition coefficient (Wildman–Crippen LogP) is 1.39. The van der Waals surface area contributed by atoms with Gasteiger partial charge in [0.25, 0.3) is 0 Å². The van der Waals surface area contributed by atoms with Crippen molar-refractivity contribution < 1.29 is 14.7 Å². The van der Waals surface area contributed by atoms with Crippen LogP contribution in [0.3, 0.4) is 0 Å². The Morgan fingerprint density at radius 3 is 2.79 bits per heavy atom. The monoisotopic (exact) mass is 262 g/mol. The molecule has 1 aliphatic heterocycles. The highest BCUT2D eigenvalue weighted by atomic mass is 16.4. The fraction of sp³-hybridized carbons (Fsp3) is 0.429. The van der Waals surface area contributed by atoms with Crippen molar-refractivity contribution in [3.63, 3.8) is 0 Å². The van der Waals surface area contributed by atoms with E-state index in [1.165, 1.54) is 0 Å². The highest BCUT2D eigenvalue weighted by Gasteiger charge is 2.30. The number of nitrogens with one attached hydrogen (secondary N) is 2. The van der Waals surface area contributed by atoms with Gasteiger partial charge in [0.05, 0.1) is 0 Å². The standard InChI is InChI=1S/C14H18N2O3/c1-9-4-2-3-5-11(9)16-13(17)7-10-6-12(14(18)19)15-8-10/h2-5,10,12,15H,6-8H2,1H3,(H,16,17)(H,18,19). The molecule has 1 aromatic rings. The molecule has 0 spiro atoms. The number of carbonyl (C=O) groups is 2. The summed E-state index contributed by atoms with van der Waals surface area (Å²) in [5.41, 5.74) is 1.83. The molecule has 19 heavy (non-hydrogen) atoms. The minimum atomic E-state index is -0.846. The van der Waals surface area contributed by atoms with Crippen LogP contribution >= 0.6 is 0 Å². The smallest absolute Gasteiger partial charge is 0.320 e. The maximum Gasteiger partial charge on any atom is 0.320 e. The van der Waals surface area contributed by atoms with E-state index < -0.39 is 12.0 Å². The third-order valence-corrected chi connectivity index (χ3v) is 3.41. The second-order valence-corrected chi connectivity index (χ2v) is 4.97. The zero-order chi connectivity index (χ0) is 13.8. The van der Waals surface area contributed by atoms with Crippen LogP contribution in [0, 0.1) is 12.8 Å². The Morgan fingerprint density at radius 1 is 1.42 bits per heavy atom. The van der Waals surface area contributed by atoms with Crippen LogP contribution in [0.15, 0.2) is 24.3 Å². The average molecular weight is 262 g/mol. The largest absolute Gasteiger partial charge is 0.480 e. The molecule has 1 fully saturated rings. The van der Waals surface area contributed by atoms with Crippen molar-refractivity contribution >= 4 is 17.6 Å². The van der Waals surface area contributed by atoms with E-state index in [-0.39, 0.29) is 11.8 Å². The molecule has 1 amide bonds. The minimum Gasteiger partial charge on any atom is -0.480 e. The zero-order valence-corrected chi connectivity index (χ0v) is 10.8. The molecule has 2 rings (SSSR count). The maximum atomic E-state index is 11.9.